The van der Waals surface area contributed by atoms with Gasteiger partial charge in [-0.05, 0) is 60.1 Å². The minimum Gasteiger partial charge on any atom is -0.508 e. The Morgan fingerprint density at radius 1 is 0.879 bits per heavy atom. The van der Waals surface area contributed by atoms with Crippen LogP contribution in [0.2, 0.25) is 0 Å². The third-order valence-corrected chi connectivity index (χ3v) is 10.2. The van der Waals surface area contributed by atoms with Crippen LogP contribution in [0.25, 0.3) is 0 Å². The van der Waals surface area contributed by atoms with E-state index in [9.17, 15) is 33.9 Å². The zero-order chi connectivity index (χ0) is 41.3. The Hall–Kier alpha value is -6.06. The molecular formula is C43H53N7O8. The summed E-state index contributed by atoms with van der Waals surface area (Å²) >= 11 is 0. The van der Waals surface area contributed by atoms with E-state index in [0.29, 0.717) is 55.6 Å². The summed E-state index contributed by atoms with van der Waals surface area (Å²) in [4.78, 5) is 83.4. The molecule has 3 aromatic carbocycles. The number of phenols is 1. The van der Waals surface area contributed by atoms with Crippen molar-refractivity contribution >= 4 is 35.4 Å². The number of carbonyl (C=O) groups excluding carboxylic acids is 6. The van der Waals surface area contributed by atoms with Crippen LogP contribution in [-0.4, -0.2) is 103 Å². The molecule has 8 N–H and O–H groups in total. The number of nitrogens with two attached hydrogens (primary N) is 1. The van der Waals surface area contributed by atoms with Gasteiger partial charge in [0.2, 0.25) is 35.4 Å². The molecule has 2 heterocycles. The van der Waals surface area contributed by atoms with E-state index in [2.05, 4.69) is 26.6 Å². The molecule has 15 nitrogen and oxygen atoms in total. The average molecular weight is 796 g/mol. The van der Waals surface area contributed by atoms with Crippen molar-refractivity contribution in [2.75, 3.05) is 45.9 Å². The van der Waals surface area contributed by atoms with Crippen LogP contribution in [0.3, 0.4) is 0 Å². The molecule has 0 unspecified atom stereocenters. The van der Waals surface area contributed by atoms with Crippen LogP contribution in [0.15, 0.2) is 91.0 Å². The maximum absolute atomic E-state index is 14.6. The number of carbonyl (C=O) groups is 6. The third-order valence-electron chi connectivity index (χ3n) is 10.2. The molecule has 1 fully saturated rings. The van der Waals surface area contributed by atoms with Gasteiger partial charge in [0.05, 0.1) is 25.0 Å². The Morgan fingerprint density at radius 3 is 2.38 bits per heavy atom. The first-order valence-electron chi connectivity index (χ1n) is 19.6. The Bertz CT molecular complexity index is 1920. The molecule has 2 bridgehead atoms. The number of nitrogens with zero attached hydrogens (tertiary/aromatic N) is 1. The number of nitrogens with one attached hydrogen (secondary N) is 5. The van der Waals surface area contributed by atoms with Crippen molar-refractivity contribution in [1.82, 2.24) is 31.5 Å². The molecule has 15 heteroatoms. The quantitative estimate of drug-likeness (QED) is 0.144. The van der Waals surface area contributed by atoms with E-state index in [1.165, 1.54) is 12.1 Å². The number of benzene rings is 3. The van der Waals surface area contributed by atoms with Gasteiger partial charge in [-0.1, -0.05) is 66.7 Å². The second-order valence-corrected chi connectivity index (χ2v) is 14.6. The Labute approximate surface area is 338 Å². The molecule has 3 atom stereocenters. The SMILES string of the molecule is NCCOCCNC(=O)[C@@H]1CCNC(=O)/C=C/C(=O)N2CCC[C@](Cc3ccccc3)(C2)C(=O)N[C@@H](Cc2ccc(O)cc2)C(=O)NCc2ccccc2CC(=O)N1. The normalized spacial score (nSPS) is 21.8. The van der Waals surface area contributed by atoms with E-state index in [4.69, 9.17) is 10.5 Å². The Morgan fingerprint density at radius 2 is 1.62 bits per heavy atom. The van der Waals surface area contributed by atoms with E-state index in [1.54, 1.807) is 41.3 Å². The van der Waals surface area contributed by atoms with Gasteiger partial charge in [0, 0.05) is 57.8 Å². The molecule has 2 aliphatic heterocycles. The number of fused-ring (bicyclic) bond motifs is 3. The lowest BCUT2D eigenvalue weighted by molar-refractivity contribution is -0.141. The van der Waals surface area contributed by atoms with Crippen molar-refractivity contribution < 1.29 is 38.6 Å². The van der Waals surface area contributed by atoms with Gasteiger partial charge in [-0.15, -0.1) is 0 Å². The molecular weight excluding hydrogens is 743 g/mol. The van der Waals surface area contributed by atoms with E-state index >= 15 is 0 Å². The minimum atomic E-state index is -1.11. The Kier molecular flexibility index (Phi) is 15.9. The van der Waals surface area contributed by atoms with Crippen molar-refractivity contribution in [2.24, 2.45) is 11.1 Å². The topological polar surface area (TPSA) is 221 Å². The molecule has 58 heavy (non-hydrogen) atoms. The number of aromatic hydroxyl groups is 1. The van der Waals surface area contributed by atoms with E-state index in [0.717, 1.165) is 17.7 Å². The molecule has 6 amide bonds. The number of piperidine rings is 1. The molecule has 1 saturated heterocycles. The highest BCUT2D eigenvalue weighted by Gasteiger charge is 2.44. The lowest BCUT2D eigenvalue weighted by atomic mass is 9.74. The van der Waals surface area contributed by atoms with E-state index < -0.39 is 52.9 Å². The first-order valence-corrected chi connectivity index (χ1v) is 19.6. The van der Waals surface area contributed by atoms with Crippen LogP contribution >= 0.6 is 0 Å². The predicted octanol–water partition coefficient (Wildman–Crippen LogP) is 0.782. The van der Waals surface area contributed by atoms with Crippen LogP contribution < -0.4 is 32.3 Å². The fourth-order valence-corrected chi connectivity index (χ4v) is 7.21. The van der Waals surface area contributed by atoms with Gasteiger partial charge >= 0.3 is 0 Å². The minimum absolute atomic E-state index is 0.0113. The third kappa shape index (κ3) is 12.7. The Balaban J connectivity index is 1.45. The van der Waals surface area contributed by atoms with Gasteiger partial charge in [0.25, 0.3) is 0 Å². The fraction of sp³-hybridized carbons (Fsp3) is 0.395. The van der Waals surface area contributed by atoms with Crippen molar-refractivity contribution in [3.05, 3.63) is 113 Å². The second-order valence-electron chi connectivity index (χ2n) is 14.6. The van der Waals surface area contributed by atoms with Crippen LogP contribution in [0.4, 0.5) is 0 Å². The number of phenolic OH excluding ortho intramolecular Hbond substituents is 1. The van der Waals surface area contributed by atoms with Gasteiger partial charge in [0.15, 0.2) is 0 Å². The maximum atomic E-state index is 14.6. The first-order chi connectivity index (χ1) is 28.0. The van der Waals surface area contributed by atoms with Gasteiger partial charge in [-0.3, -0.25) is 28.8 Å². The summed E-state index contributed by atoms with van der Waals surface area (Å²) in [6, 6.07) is 20.9. The zero-order valence-electron chi connectivity index (χ0n) is 32.5. The highest BCUT2D eigenvalue weighted by molar-refractivity contribution is 5.97. The first kappa shape index (κ1) is 43.1. The fourth-order valence-electron chi connectivity index (χ4n) is 7.21. The van der Waals surface area contributed by atoms with Crippen molar-refractivity contribution in [1.29, 1.82) is 0 Å². The van der Waals surface area contributed by atoms with Gasteiger partial charge in [0.1, 0.15) is 17.8 Å². The molecule has 2 aliphatic rings. The number of hydrogen-bond acceptors (Lipinski definition) is 9. The molecule has 5 rings (SSSR count). The molecule has 0 saturated carbocycles. The van der Waals surface area contributed by atoms with Crippen LogP contribution in [0, 0.1) is 5.41 Å². The van der Waals surface area contributed by atoms with Crippen LogP contribution in [0.1, 0.15) is 41.5 Å². The van der Waals surface area contributed by atoms with E-state index in [1.807, 2.05) is 30.3 Å². The summed E-state index contributed by atoms with van der Waals surface area (Å²) in [5.41, 5.74) is 7.20. The molecule has 0 radical (unpaired) electrons. The van der Waals surface area contributed by atoms with E-state index in [-0.39, 0.29) is 57.8 Å². The van der Waals surface area contributed by atoms with Crippen LogP contribution in [-0.2, 0) is 59.3 Å². The van der Waals surface area contributed by atoms with Crippen molar-refractivity contribution in [2.45, 2.75) is 57.2 Å². The standard InChI is InChI=1S/C43H53N7O8/c44-19-23-58-24-21-46-40(55)35-17-20-45-37(52)15-16-39(54)50-22-6-18-43(29-50,27-31-7-2-1-3-8-31)42(57)49-36(25-30-11-13-34(51)14-12-30)41(56)47-28-33-10-5-4-9-32(33)26-38(53)48-35/h1-5,7-16,35-36,51H,6,17-29,44H2,(H,45,52)(H,46,55)(H,47,56)(H,48,53)(H,49,57)/b16-15+/t35-,36-,43-/m0/s1. The van der Waals surface area contributed by atoms with Crippen molar-refractivity contribution in [3.63, 3.8) is 0 Å². The van der Waals surface area contributed by atoms with Crippen molar-refractivity contribution in [3.8, 4) is 5.75 Å². The van der Waals surface area contributed by atoms with Gasteiger partial charge < -0.3 is 47.1 Å². The lowest BCUT2D eigenvalue weighted by Gasteiger charge is -2.42. The summed E-state index contributed by atoms with van der Waals surface area (Å²) < 4.78 is 5.34. The average Bonchev–Trinajstić information content (AvgIpc) is 3.22. The lowest BCUT2D eigenvalue weighted by Crippen LogP contribution is -2.58. The zero-order valence-corrected chi connectivity index (χ0v) is 32.5. The summed E-state index contributed by atoms with van der Waals surface area (Å²) in [5.74, 6) is -2.76. The maximum Gasteiger partial charge on any atom is 0.246 e. The second kappa shape index (κ2) is 21.5. The summed E-state index contributed by atoms with van der Waals surface area (Å²) in [6.07, 6.45) is 3.56. The number of ether oxygens (including phenoxy) is 1. The summed E-state index contributed by atoms with van der Waals surface area (Å²) in [6.45, 7) is 1.53. The molecule has 308 valence electrons. The van der Waals surface area contributed by atoms with Crippen LogP contribution in [0.5, 0.6) is 5.75 Å². The predicted molar refractivity (Wildman–Crippen MR) is 216 cm³/mol. The molecule has 0 spiro atoms. The summed E-state index contributed by atoms with van der Waals surface area (Å²) in [5, 5.41) is 24.1. The number of amides is 6. The van der Waals surface area contributed by atoms with Gasteiger partial charge in [-0.25, -0.2) is 0 Å². The largest absolute Gasteiger partial charge is 0.508 e. The number of rotatable bonds is 10. The monoisotopic (exact) mass is 795 g/mol. The summed E-state index contributed by atoms with van der Waals surface area (Å²) in [7, 11) is 0. The molecule has 0 aliphatic carbocycles. The smallest absolute Gasteiger partial charge is 0.246 e. The highest BCUT2D eigenvalue weighted by atomic mass is 16.5. The number of hydrogen-bond donors (Lipinski definition) is 7. The molecule has 3 aromatic rings. The molecule has 0 aromatic heterocycles. The highest BCUT2D eigenvalue weighted by Crippen LogP contribution is 2.35. The van der Waals surface area contributed by atoms with Gasteiger partial charge in [-0.2, -0.15) is 0 Å².